The van der Waals surface area contributed by atoms with Crippen molar-refractivity contribution in [3.8, 4) is 0 Å². The van der Waals surface area contributed by atoms with Crippen LogP contribution in [0.5, 0.6) is 0 Å². The number of carbonyl (C=O) groups excluding carboxylic acids is 1. The van der Waals surface area contributed by atoms with Gasteiger partial charge in [0.25, 0.3) is 0 Å². The molecule has 1 aromatic rings. The lowest BCUT2D eigenvalue weighted by molar-refractivity contribution is -0.131. The molecule has 4 nitrogen and oxygen atoms in total. The standard InChI is InChI=1S/C14H19NO3S/c1-11(19(18)9-8-16)14(17)15-7-6-12-4-2-3-5-13(12)10-15/h2-5,11,16H,6-10H2,1H3. The first-order chi connectivity index (χ1) is 9.13. The fourth-order valence-electron chi connectivity index (χ4n) is 2.32. The number of carbonyl (C=O) groups is 1. The van der Waals surface area contributed by atoms with Crippen molar-refractivity contribution in [2.24, 2.45) is 0 Å². The van der Waals surface area contributed by atoms with Crippen molar-refractivity contribution >= 4 is 16.7 Å². The van der Waals surface area contributed by atoms with Gasteiger partial charge in [-0.1, -0.05) is 24.3 Å². The summed E-state index contributed by atoms with van der Waals surface area (Å²) in [5, 5.41) is 8.25. The van der Waals surface area contributed by atoms with Crippen molar-refractivity contribution in [1.82, 2.24) is 4.90 Å². The van der Waals surface area contributed by atoms with E-state index in [9.17, 15) is 9.00 Å². The van der Waals surface area contributed by atoms with Crippen LogP contribution in [-0.2, 0) is 28.6 Å². The van der Waals surface area contributed by atoms with E-state index in [1.807, 2.05) is 18.2 Å². The topological polar surface area (TPSA) is 57.6 Å². The van der Waals surface area contributed by atoms with E-state index in [-0.39, 0.29) is 18.3 Å². The van der Waals surface area contributed by atoms with Gasteiger partial charge in [0.1, 0.15) is 5.25 Å². The van der Waals surface area contributed by atoms with E-state index < -0.39 is 16.0 Å². The number of nitrogens with zero attached hydrogens (tertiary/aromatic N) is 1. The highest BCUT2D eigenvalue weighted by Gasteiger charge is 2.27. The van der Waals surface area contributed by atoms with Crippen LogP contribution in [0.4, 0.5) is 0 Å². The number of aliphatic hydroxyl groups is 1. The Morgan fingerprint density at radius 3 is 2.79 bits per heavy atom. The van der Waals surface area contributed by atoms with Gasteiger partial charge in [0.05, 0.1) is 6.61 Å². The summed E-state index contributed by atoms with van der Waals surface area (Å²) in [4.78, 5) is 14.0. The van der Waals surface area contributed by atoms with Gasteiger partial charge in [-0.25, -0.2) is 0 Å². The van der Waals surface area contributed by atoms with E-state index in [1.165, 1.54) is 11.1 Å². The molecule has 104 valence electrons. The number of amides is 1. The molecule has 1 aliphatic rings. The third-order valence-electron chi connectivity index (χ3n) is 3.48. The maximum absolute atomic E-state index is 12.3. The van der Waals surface area contributed by atoms with Crippen molar-refractivity contribution < 1.29 is 14.1 Å². The zero-order chi connectivity index (χ0) is 13.8. The van der Waals surface area contributed by atoms with Gasteiger partial charge in [0, 0.05) is 29.6 Å². The second kappa shape index (κ2) is 6.30. The summed E-state index contributed by atoms with van der Waals surface area (Å²) in [5.41, 5.74) is 2.46. The molecule has 2 atom stereocenters. The molecule has 0 aromatic heterocycles. The van der Waals surface area contributed by atoms with Crippen LogP contribution >= 0.6 is 0 Å². The molecular weight excluding hydrogens is 262 g/mol. The fraction of sp³-hybridized carbons (Fsp3) is 0.500. The minimum Gasteiger partial charge on any atom is -0.395 e. The lowest BCUT2D eigenvalue weighted by Crippen LogP contribution is -2.43. The van der Waals surface area contributed by atoms with Crippen molar-refractivity contribution in [3.05, 3.63) is 35.4 Å². The second-order valence-electron chi connectivity index (χ2n) is 4.73. The maximum Gasteiger partial charge on any atom is 0.238 e. The molecule has 5 heteroatoms. The Morgan fingerprint density at radius 1 is 1.42 bits per heavy atom. The monoisotopic (exact) mass is 281 g/mol. The molecule has 0 aliphatic carbocycles. The lowest BCUT2D eigenvalue weighted by atomic mass is 10.00. The predicted octanol–water partition coefficient (Wildman–Crippen LogP) is 0.701. The Kier molecular flexibility index (Phi) is 4.71. The molecule has 1 amide bonds. The molecule has 0 radical (unpaired) electrons. The van der Waals surface area contributed by atoms with E-state index in [4.69, 9.17) is 5.11 Å². The first-order valence-electron chi connectivity index (χ1n) is 6.47. The summed E-state index contributed by atoms with van der Waals surface area (Å²) in [7, 11) is -1.30. The first kappa shape index (κ1) is 14.2. The molecule has 2 rings (SSSR count). The number of fused-ring (bicyclic) bond motifs is 1. The molecule has 1 aromatic carbocycles. The number of benzene rings is 1. The normalized spacial score (nSPS) is 17.7. The van der Waals surface area contributed by atoms with Crippen molar-refractivity contribution in [2.75, 3.05) is 18.9 Å². The zero-order valence-electron chi connectivity index (χ0n) is 11.0. The molecule has 19 heavy (non-hydrogen) atoms. The number of hydrogen-bond acceptors (Lipinski definition) is 3. The number of hydrogen-bond donors (Lipinski definition) is 1. The van der Waals surface area contributed by atoms with Crippen molar-refractivity contribution in [3.63, 3.8) is 0 Å². The summed E-state index contributed by atoms with van der Waals surface area (Å²) in [6.07, 6.45) is 0.848. The summed E-state index contributed by atoms with van der Waals surface area (Å²) in [6, 6.07) is 8.10. The smallest absolute Gasteiger partial charge is 0.238 e. The van der Waals surface area contributed by atoms with Crippen LogP contribution in [0.25, 0.3) is 0 Å². The maximum atomic E-state index is 12.3. The van der Waals surface area contributed by atoms with Gasteiger partial charge in [-0.2, -0.15) is 0 Å². The summed E-state index contributed by atoms with van der Waals surface area (Å²) >= 11 is 0. The van der Waals surface area contributed by atoms with Gasteiger partial charge in [-0.05, 0) is 24.5 Å². The van der Waals surface area contributed by atoms with Gasteiger partial charge >= 0.3 is 0 Å². The third-order valence-corrected chi connectivity index (χ3v) is 5.05. The average Bonchev–Trinajstić information content (AvgIpc) is 2.45. The minimum absolute atomic E-state index is 0.0821. The largest absolute Gasteiger partial charge is 0.395 e. The number of aliphatic hydroxyl groups excluding tert-OH is 1. The highest BCUT2D eigenvalue weighted by atomic mass is 32.2. The molecule has 1 heterocycles. The van der Waals surface area contributed by atoms with E-state index in [1.54, 1.807) is 11.8 Å². The average molecular weight is 281 g/mol. The van der Waals surface area contributed by atoms with Gasteiger partial charge in [0.15, 0.2) is 0 Å². The lowest BCUT2D eigenvalue weighted by Gasteiger charge is -2.30. The second-order valence-corrected chi connectivity index (χ2v) is 6.61. The summed E-state index contributed by atoms with van der Waals surface area (Å²) < 4.78 is 11.8. The summed E-state index contributed by atoms with van der Waals surface area (Å²) in [5.74, 6) is 0.0819. The van der Waals surface area contributed by atoms with Crippen LogP contribution < -0.4 is 0 Å². The molecule has 0 spiro atoms. The predicted molar refractivity (Wildman–Crippen MR) is 75.1 cm³/mol. The van der Waals surface area contributed by atoms with E-state index >= 15 is 0 Å². The van der Waals surface area contributed by atoms with Gasteiger partial charge in [-0.15, -0.1) is 0 Å². The Hall–Kier alpha value is -1.20. The van der Waals surface area contributed by atoms with E-state index in [0.717, 1.165) is 6.42 Å². The Bertz CT molecular complexity index is 489. The van der Waals surface area contributed by atoms with Gasteiger partial charge in [-0.3, -0.25) is 9.00 Å². The molecule has 0 saturated heterocycles. The van der Waals surface area contributed by atoms with Crippen molar-refractivity contribution in [2.45, 2.75) is 25.1 Å². The van der Waals surface area contributed by atoms with Crippen LogP contribution in [-0.4, -0.2) is 44.3 Å². The SMILES string of the molecule is CC(C(=O)N1CCc2ccccc2C1)S(=O)CCO. The van der Waals surface area contributed by atoms with Gasteiger partial charge < -0.3 is 10.0 Å². The van der Waals surface area contributed by atoms with Crippen LogP contribution in [0.1, 0.15) is 18.1 Å². The van der Waals surface area contributed by atoms with E-state index in [0.29, 0.717) is 13.1 Å². The highest BCUT2D eigenvalue weighted by molar-refractivity contribution is 7.86. The summed E-state index contributed by atoms with van der Waals surface area (Å²) in [6.45, 7) is 2.80. The molecular formula is C14H19NO3S. The minimum atomic E-state index is -1.30. The molecule has 1 aliphatic heterocycles. The molecule has 0 bridgehead atoms. The highest BCUT2D eigenvalue weighted by Crippen LogP contribution is 2.19. The third kappa shape index (κ3) is 3.22. The molecule has 0 fully saturated rings. The Balaban J connectivity index is 2.04. The molecule has 2 unspecified atom stereocenters. The quantitative estimate of drug-likeness (QED) is 0.884. The molecule has 1 N–H and O–H groups in total. The first-order valence-corrected chi connectivity index (χ1v) is 7.85. The van der Waals surface area contributed by atoms with Crippen LogP contribution in [0, 0.1) is 0 Å². The zero-order valence-corrected chi connectivity index (χ0v) is 11.9. The number of rotatable bonds is 4. The van der Waals surface area contributed by atoms with Crippen LogP contribution in [0.3, 0.4) is 0 Å². The Labute approximate surface area is 115 Å². The van der Waals surface area contributed by atoms with E-state index in [2.05, 4.69) is 6.07 Å². The molecule has 0 saturated carbocycles. The van der Waals surface area contributed by atoms with Crippen LogP contribution in [0.15, 0.2) is 24.3 Å². The van der Waals surface area contributed by atoms with Crippen LogP contribution in [0.2, 0.25) is 0 Å². The van der Waals surface area contributed by atoms with Crippen molar-refractivity contribution in [1.29, 1.82) is 0 Å². The fourth-order valence-corrected chi connectivity index (χ4v) is 3.23. The van der Waals surface area contributed by atoms with Gasteiger partial charge in [0.2, 0.25) is 5.91 Å². The Morgan fingerprint density at radius 2 is 2.11 bits per heavy atom.